The van der Waals surface area contributed by atoms with E-state index in [4.69, 9.17) is 5.73 Å². The quantitative estimate of drug-likeness (QED) is 0.332. The number of nitrogens with zero attached hydrogens (tertiary/aromatic N) is 1. The number of pyridine rings is 1. The molecular weight excluding hydrogens is 418 g/mol. The number of nitrogens with one attached hydrogen (secondary N) is 1. The molecule has 1 heterocycles. The highest BCUT2D eigenvalue weighted by atomic mass is 16.2. The molecule has 1 aromatic heterocycles. The maximum absolute atomic E-state index is 13.3. The number of carbonyl (C=O) groups excluding carboxylic acids is 1. The second-order valence-electron chi connectivity index (χ2n) is 9.66. The molecule has 34 heavy (non-hydrogen) atoms. The van der Waals surface area contributed by atoms with Gasteiger partial charge in [0.15, 0.2) is 0 Å². The summed E-state index contributed by atoms with van der Waals surface area (Å²) < 4.78 is 0. The smallest absolute Gasteiger partial charge is 0.229 e. The largest absolute Gasteiger partial charge is 0.398 e. The third-order valence-electron chi connectivity index (χ3n) is 7.24. The van der Waals surface area contributed by atoms with Gasteiger partial charge in [-0.15, -0.1) is 0 Å². The van der Waals surface area contributed by atoms with Crippen molar-refractivity contribution in [3.05, 3.63) is 89.1 Å². The maximum atomic E-state index is 13.3. The van der Waals surface area contributed by atoms with Crippen molar-refractivity contribution >= 4 is 28.2 Å². The molecule has 3 aromatic carbocycles. The number of nitrogen functional groups attached to an aromatic ring is 1. The van der Waals surface area contributed by atoms with Crippen molar-refractivity contribution in [1.29, 1.82) is 0 Å². The summed E-state index contributed by atoms with van der Waals surface area (Å²) in [6.45, 7) is 6.30. The van der Waals surface area contributed by atoms with E-state index < -0.39 is 0 Å². The van der Waals surface area contributed by atoms with Crippen LogP contribution in [-0.4, -0.2) is 10.9 Å². The number of carbonyl (C=O) groups is 1. The second-order valence-corrected chi connectivity index (χ2v) is 9.66. The van der Waals surface area contributed by atoms with Gasteiger partial charge in [-0.2, -0.15) is 0 Å². The minimum atomic E-state index is -0.0688. The van der Waals surface area contributed by atoms with Crippen molar-refractivity contribution in [3.63, 3.8) is 0 Å². The van der Waals surface area contributed by atoms with Gasteiger partial charge in [0.1, 0.15) is 5.82 Å². The molecule has 0 saturated heterocycles. The Morgan fingerprint density at radius 1 is 0.971 bits per heavy atom. The van der Waals surface area contributed by atoms with Gasteiger partial charge in [-0.05, 0) is 97.0 Å². The molecule has 4 aromatic rings. The number of benzene rings is 3. The Hall–Kier alpha value is -3.66. The Labute approximate surface area is 201 Å². The van der Waals surface area contributed by atoms with E-state index in [-0.39, 0.29) is 17.7 Å². The Morgan fingerprint density at radius 3 is 2.56 bits per heavy atom. The Balaban J connectivity index is 1.37. The molecule has 1 amide bonds. The molecule has 1 saturated carbocycles. The summed E-state index contributed by atoms with van der Waals surface area (Å²) in [7, 11) is 0. The van der Waals surface area contributed by atoms with Gasteiger partial charge in [-0.3, -0.25) is 4.79 Å². The Morgan fingerprint density at radius 2 is 1.79 bits per heavy atom. The van der Waals surface area contributed by atoms with E-state index in [1.54, 1.807) is 0 Å². The van der Waals surface area contributed by atoms with Crippen LogP contribution < -0.4 is 11.1 Å². The zero-order chi connectivity index (χ0) is 23.8. The van der Waals surface area contributed by atoms with E-state index in [1.165, 1.54) is 16.7 Å². The number of anilines is 2. The molecule has 0 bridgehead atoms. The average Bonchev–Trinajstić information content (AvgIpc) is 3.29. The fourth-order valence-electron chi connectivity index (χ4n) is 5.51. The average molecular weight is 450 g/mol. The summed E-state index contributed by atoms with van der Waals surface area (Å²) in [5.74, 6) is 0.773. The zero-order valence-electron chi connectivity index (χ0n) is 20.1. The van der Waals surface area contributed by atoms with Crippen molar-refractivity contribution in [2.24, 2.45) is 5.92 Å². The third-order valence-corrected chi connectivity index (χ3v) is 7.24. The summed E-state index contributed by atoms with van der Waals surface area (Å²) in [6, 6.07) is 20.8. The van der Waals surface area contributed by atoms with Gasteiger partial charge in [-0.25, -0.2) is 4.98 Å². The Kier molecular flexibility index (Phi) is 5.82. The third kappa shape index (κ3) is 4.16. The molecule has 5 rings (SSSR count). The molecule has 4 nitrogen and oxygen atoms in total. The SMILES string of the molecule is Cc1cc(N)c2cc(C3CCCC3C(=O)Nc3ccc(-c4ccccc4C)cn3)c(C)cc2c1. The van der Waals surface area contributed by atoms with Crippen LogP contribution in [0, 0.1) is 26.7 Å². The van der Waals surface area contributed by atoms with Crippen LogP contribution in [0.2, 0.25) is 0 Å². The van der Waals surface area contributed by atoms with Crippen LogP contribution in [0.1, 0.15) is 47.4 Å². The van der Waals surface area contributed by atoms with Crippen LogP contribution in [0.5, 0.6) is 0 Å². The molecule has 2 unspecified atom stereocenters. The second kappa shape index (κ2) is 8.94. The number of hydrogen-bond donors (Lipinski definition) is 2. The number of fused-ring (bicyclic) bond motifs is 1. The first-order valence-electron chi connectivity index (χ1n) is 12.0. The number of amides is 1. The van der Waals surface area contributed by atoms with Crippen molar-refractivity contribution in [1.82, 2.24) is 4.98 Å². The van der Waals surface area contributed by atoms with Crippen LogP contribution >= 0.6 is 0 Å². The van der Waals surface area contributed by atoms with Crippen LogP contribution in [0.4, 0.5) is 11.5 Å². The summed E-state index contributed by atoms with van der Waals surface area (Å²) in [4.78, 5) is 17.9. The molecule has 0 radical (unpaired) electrons. The molecular formula is C30H31N3O. The summed E-state index contributed by atoms with van der Waals surface area (Å²) in [6.07, 6.45) is 4.78. The number of nitrogens with two attached hydrogens (primary N) is 1. The monoisotopic (exact) mass is 449 g/mol. The van der Waals surface area contributed by atoms with E-state index in [1.807, 2.05) is 36.5 Å². The van der Waals surface area contributed by atoms with Crippen molar-refractivity contribution in [2.75, 3.05) is 11.1 Å². The van der Waals surface area contributed by atoms with E-state index in [2.05, 4.69) is 61.4 Å². The fraction of sp³-hybridized carbons (Fsp3) is 0.267. The number of aromatic nitrogens is 1. The first kappa shape index (κ1) is 22.1. The number of rotatable bonds is 4. The van der Waals surface area contributed by atoms with Gasteiger partial charge in [0.2, 0.25) is 5.91 Å². The van der Waals surface area contributed by atoms with Crippen LogP contribution in [-0.2, 0) is 4.79 Å². The zero-order valence-corrected chi connectivity index (χ0v) is 20.1. The maximum Gasteiger partial charge on any atom is 0.229 e. The fourth-order valence-corrected chi connectivity index (χ4v) is 5.51. The molecule has 1 fully saturated rings. The van der Waals surface area contributed by atoms with Crippen LogP contribution in [0.25, 0.3) is 21.9 Å². The standard InChI is InChI=1S/C30H31N3O/c1-18-13-22-15-20(3)26(16-27(22)28(31)14-18)24-9-6-10-25(24)30(34)33-29-12-11-21(17-32-29)23-8-5-4-7-19(23)2/h4-5,7-8,11-17,24-25H,6,9-10,31H2,1-3H3,(H,32,33,34). The van der Waals surface area contributed by atoms with Gasteiger partial charge >= 0.3 is 0 Å². The highest BCUT2D eigenvalue weighted by Crippen LogP contribution is 2.43. The molecule has 2 atom stereocenters. The van der Waals surface area contributed by atoms with Crippen LogP contribution in [0.15, 0.2) is 66.9 Å². The lowest BCUT2D eigenvalue weighted by molar-refractivity contribution is -0.120. The molecule has 3 N–H and O–H groups in total. The van der Waals surface area contributed by atoms with Gasteiger partial charge in [0, 0.05) is 28.8 Å². The molecule has 1 aliphatic rings. The van der Waals surface area contributed by atoms with Gasteiger partial charge in [-0.1, -0.05) is 42.8 Å². The lowest BCUT2D eigenvalue weighted by Gasteiger charge is -2.22. The molecule has 0 aliphatic heterocycles. The Bertz CT molecular complexity index is 1370. The van der Waals surface area contributed by atoms with Gasteiger partial charge in [0.25, 0.3) is 0 Å². The minimum absolute atomic E-state index is 0.0509. The van der Waals surface area contributed by atoms with Gasteiger partial charge < -0.3 is 11.1 Å². The van der Waals surface area contributed by atoms with E-state index in [0.29, 0.717) is 5.82 Å². The van der Waals surface area contributed by atoms with Gasteiger partial charge in [0.05, 0.1) is 0 Å². The lowest BCUT2D eigenvalue weighted by Crippen LogP contribution is -2.25. The minimum Gasteiger partial charge on any atom is -0.398 e. The van der Waals surface area contributed by atoms with E-state index in [9.17, 15) is 4.79 Å². The predicted octanol–water partition coefficient (Wildman–Crippen LogP) is 6.93. The summed E-state index contributed by atoms with van der Waals surface area (Å²) in [5.41, 5.74) is 14.2. The van der Waals surface area contributed by atoms with Crippen molar-refractivity contribution in [3.8, 4) is 11.1 Å². The molecule has 0 spiro atoms. The lowest BCUT2D eigenvalue weighted by atomic mass is 9.84. The summed E-state index contributed by atoms with van der Waals surface area (Å²) in [5, 5.41) is 5.32. The normalized spacial score (nSPS) is 17.7. The highest BCUT2D eigenvalue weighted by molar-refractivity contribution is 5.96. The van der Waals surface area contributed by atoms with Crippen molar-refractivity contribution < 1.29 is 4.79 Å². The molecule has 1 aliphatic carbocycles. The van der Waals surface area contributed by atoms with E-state index >= 15 is 0 Å². The van der Waals surface area contributed by atoms with Crippen molar-refractivity contribution in [2.45, 2.75) is 46.0 Å². The predicted molar refractivity (Wildman–Crippen MR) is 141 cm³/mol. The first-order valence-corrected chi connectivity index (χ1v) is 12.0. The van der Waals surface area contributed by atoms with E-state index in [0.717, 1.165) is 52.4 Å². The summed E-state index contributed by atoms with van der Waals surface area (Å²) >= 11 is 0. The molecule has 172 valence electrons. The van der Waals surface area contributed by atoms with Crippen LogP contribution in [0.3, 0.4) is 0 Å². The first-order chi connectivity index (χ1) is 16.4. The number of aryl methyl sites for hydroxylation is 3. The topological polar surface area (TPSA) is 68.0 Å². The highest BCUT2D eigenvalue weighted by Gasteiger charge is 2.35. The molecule has 4 heteroatoms. The number of hydrogen-bond acceptors (Lipinski definition) is 3.